The molecule has 0 bridgehead atoms. The van der Waals surface area contributed by atoms with E-state index in [9.17, 15) is 20.1 Å². The van der Waals surface area contributed by atoms with E-state index < -0.39 is 24.2 Å². The third-order valence-electron chi connectivity index (χ3n) is 15.4. The highest BCUT2D eigenvalue weighted by Gasteiger charge is 2.22. The van der Waals surface area contributed by atoms with Crippen molar-refractivity contribution in [1.82, 2.24) is 5.32 Å². The lowest BCUT2D eigenvalue weighted by atomic mass is 10.0. The van der Waals surface area contributed by atoms with E-state index in [2.05, 4.69) is 19.2 Å². The molecule has 3 atom stereocenters. The summed E-state index contributed by atoms with van der Waals surface area (Å²) in [5.41, 5.74) is 0. The molecule has 412 valence electrons. The Balaban J connectivity index is 3.45. The molecule has 3 unspecified atom stereocenters. The van der Waals surface area contributed by atoms with Crippen molar-refractivity contribution in [3.63, 3.8) is 0 Å². The molecule has 0 fully saturated rings. The van der Waals surface area contributed by atoms with E-state index in [1.165, 1.54) is 315 Å². The normalized spacial score (nSPS) is 13.2. The van der Waals surface area contributed by atoms with Crippen molar-refractivity contribution >= 4 is 5.91 Å². The molecular formula is C64H127NO4. The molecule has 0 radical (unpaired) electrons. The summed E-state index contributed by atoms with van der Waals surface area (Å²) in [6.45, 7) is 4.23. The molecular weight excluding hydrogens is 847 g/mol. The van der Waals surface area contributed by atoms with Gasteiger partial charge >= 0.3 is 0 Å². The van der Waals surface area contributed by atoms with Gasteiger partial charge in [-0.25, -0.2) is 0 Å². The summed E-state index contributed by atoms with van der Waals surface area (Å²) in [7, 11) is 0. The lowest BCUT2D eigenvalue weighted by molar-refractivity contribution is -0.131. The Morgan fingerprint density at radius 2 is 0.565 bits per heavy atom. The van der Waals surface area contributed by atoms with Gasteiger partial charge in [0.15, 0.2) is 0 Å². The van der Waals surface area contributed by atoms with E-state index in [0.29, 0.717) is 6.42 Å². The average molecular weight is 975 g/mol. The summed E-state index contributed by atoms with van der Waals surface area (Å²) in [4.78, 5) is 12.6. The van der Waals surface area contributed by atoms with Crippen LogP contribution in [0.5, 0.6) is 0 Å². The molecule has 0 aromatic rings. The maximum atomic E-state index is 12.6. The summed E-state index contributed by atoms with van der Waals surface area (Å²) >= 11 is 0. The molecule has 4 N–H and O–H groups in total. The predicted octanol–water partition coefficient (Wildman–Crippen LogP) is 20.2. The van der Waals surface area contributed by atoms with Crippen LogP contribution in [0.2, 0.25) is 0 Å². The third-order valence-corrected chi connectivity index (χ3v) is 15.4. The second-order valence-corrected chi connectivity index (χ2v) is 22.3. The van der Waals surface area contributed by atoms with Crippen molar-refractivity contribution in [2.75, 3.05) is 6.61 Å². The van der Waals surface area contributed by atoms with Gasteiger partial charge in [0.25, 0.3) is 0 Å². The molecule has 0 saturated carbocycles. The quantitative estimate of drug-likeness (QED) is 0.0361. The average Bonchev–Trinajstić information content (AvgIpc) is 3.35. The van der Waals surface area contributed by atoms with Gasteiger partial charge < -0.3 is 20.6 Å². The predicted molar refractivity (Wildman–Crippen MR) is 305 cm³/mol. The minimum absolute atomic E-state index is 0.358. The summed E-state index contributed by atoms with van der Waals surface area (Å²) < 4.78 is 0. The summed E-state index contributed by atoms with van der Waals surface area (Å²) in [5.74, 6) is -0.494. The first-order valence-electron chi connectivity index (χ1n) is 32.0. The van der Waals surface area contributed by atoms with Gasteiger partial charge in [0, 0.05) is 0 Å². The van der Waals surface area contributed by atoms with E-state index in [0.717, 1.165) is 32.1 Å². The molecule has 0 heterocycles. The zero-order chi connectivity index (χ0) is 50.0. The van der Waals surface area contributed by atoms with E-state index in [1.54, 1.807) is 6.08 Å². The van der Waals surface area contributed by atoms with E-state index in [-0.39, 0.29) is 6.61 Å². The zero-order valence-electron chi connectivity index (χ0n) is 47.2. The van der Waals surface area contributed by atoms with Gasteiger partial charge in [0.1, 0.15) is 6.10 Å². The maximum Gasteiger partial charge on any atom is 0.249 e. The standard InChI is InChI=1S/C64H127NO4/c1-3-5-7-9-11-13-15-17-19-21-23-24-25-26-27-28-29-30-31-32-33-34-35-36-37-38-39-41-43-45-47-49-51-53-55-57-59-63(68)64(69)65-61(60-66)62(67)58-56-54-52-50-48-46-44-42-40-22-20-18-16-14-12-10-8-6-4-2/h56,58,61-63,66-68H,3-55,57,59-60H2,1-2H3,(H,65,69)/b58-56+. The van der Waals surface area contributed by atoms with Gasteiger partial charge in [-0.2, -0.15) is 0 Å². The van der Waals surface area contributed by atoms with E-state index in [1.807, 2.05) is 6.08 Å². The molecule has 0 aliphatic carbocycles. The Morgan fingerprint density at radius 1 is 0.348 bits per heavy atom. The number of hydrogen-bond acceptors (Lipinski definition) is 4. The molecule has 5 nitrogen and oxygen atoms in total. The fourth-order valence-electron chi connectivity index (χ4n) is 10.4. The summed E-state index contributed by atoms with van der Waals surface area (Å²) in [6.07, 6.45) is 76.2. The topological polar surface area (TPSA) is 89.8 Å². The molecule has 0 saturated heterocycles. The fourth-order valence-corrected chi connectivity index (χ4v) is 10.4. The third kappa shape index (κ3) is 54.7. The zero-order valence-corrected chi connectivity index (χ0v) is 47.2. The lowest BCUT2D eigenvalue weighted by Crippen LogP contribution is -2.48. The van der Waals surface area contributed by atoms with Crippen molar-refractivity contribution in [2.24, 2.45) is 0 Å². The van der Waals surface area contributed by atoms with Crippen molar-refractivity contribution < 1.29 is 20.1 Å². The minimum atomic E-state index is -1.09. The van der Waals surface area contributed by atoms with Crippen LogP contribution in [-0.2, 0) is 4.79 Å². The molecule has 0 rings (SSSR count). The van der Waals surface area contributed by atoms with Gasteiger partial charge in [-0.1, -0.05) is 360 Å². The Hall–Kier alpha value is -0.910. The van der Waals surface area contributed by atoms with Crippen molar-refractivity contribution in [3.05, 3.63) is 12.2 Å². The summed E-state index contributed by atoms with van der Waals surface area (Å²) in [6, 6.07) is -0.795. The van der Waals surface area contributed by atoms with Crippen LogP contribution in [0.4, 0.5) is 0 Å². The van der Waals surface area contributed by atoms with Gasteiger partial charge in [-0.05, 0) is 19.3 Å². The van der Waals surface area contributed by atoms with Crippen LogP contribution in [0.15, 0.2) is 12.2 Å². The number of unbranched alkanes of at least 4 members (excludes halogenated alkanes) is 52. The molecule has 1 amide bonds. The van der Waals surface area contributed by atoms with Gasteiger partial charge in [0.05, 0.1) is 18.8 Å². The Morgan fingerprint density at radius 3 is 0.797 bits per heavy atom. The molecule has 0 aromatic carbocycles. The lowest BCUT2D eigenvalue weighted by Gasteiger charge is -2.21. The highest BCUT2D eigenvalue weighted by Crippen LogP contribution is 2.19. The van der Waals surface area contributed by atoms with Crippen LogP contribution in [0, 0.1) is 0 Å². The van der Waals surface area contributed by atoms with Crippen LogP contribution < -0.4 is 5.32 Å². The Labute approximate surface area is 433 Å². The number of aliphatic hydroxyl groups excluding tert-OH is 3. The first-order chi connectivity index (χ1) is 34.1. The molecule has 0 spiro atoms. The minimum Gasteiger partial charge on any atom is -0.394 e. The number of hydrogen-bond donors (Lipinski definition) is 4. The fraction of sp³-hybridized carbons (Fsp3) is 0.953. The van der Waals surface area contributed by atoms with Gasteiger partial charge in [-0.15, -0.1) is 0 Å². The van der Waals surface area contributed by atoms with E-state index in [4.69, 9.17) is 0 Å². The molecule has 5 heteroatoms. The number of amides is 1. The Bertz CT molecular complexity index is 987. The van der Waals surface area contributed by atoms with Crippen LogP contribution in [0.1, 0.15) is 367 Å². The monoisotopic (exact) mass is 974 g/mol. The van der Waals surface area contributed by atoms with Gasteiger partial charge in [0.2, 0.25) is 5.91 Å². The number of nitrogens with one attached hydrogen (secondary N) is 1. The maximum absolute atomic E-state index is 12.6. The first-order valence-corrected chi connectivity index (χ1v) is 32.0. The van der Waals surface area contributed by atoms with Crippen LogP contribution in [0.25, 0.3) is 0 Å². The smallest absolute Gasteiger partial charge is 0.249 e. The molecule has 0 aliphatic heterocycles. The SMILES string of the molecule is CCCCCCCCCCCCCCCCCCC/C=C/C(O)C(CO)NC(=O)C(O)CCCCCCCCCCCCCCCCCCCCCCCCCCCCCCCCCCCCCC. The Kier molecular flexibility index (Phi) is 58.9. The second kappa shape index (κ2) is 59.7. The van der Waals surface area contributed by atoms with Crippen molar-refractivity contribution in [2.45, 2.75) is 385 Å². The number of aliphatic hydroxyl groups is 3. The second-order valence-electron chi connectivity index (χ2n) is 22.3. The van der Waals surface area contributed by atoms with Crippen LogP contribution >= 0.6 is 0 Å². The first kappa shape index (κ1) is 68.1. The van der Waals surface area contributed by atoms with E-state index >= 15 is 0 Å². The summed E-state index contributed by atoms with van der Waals surface area (Å²) in [5, 5.41) is 33.4. The number of allylic oxidation sites excluding steroid dienone is 1. The van der Waals surface area contributed by atoms with Gasteiger partial charge in [-0.3, -0.25) is 4.79 Å². The molecule has 69 heavy (non-hydrogen) atoms. The highest BCUT2D eigenvalue weighted by molar-refractivity contribution is 5.80. The number of carbonyl (C=O) groups is 1. The largest absolute Gasteiger partial charge is 0.394 e. The van der Waals surface area contributed by atoms with Crippen molar-refractivity contribution in [1.29, 1.82) is 0 Å². The highest BCUT2D eigenvalue weighted by atomic mass is 16.3. The van der Waals surface area contributed by atoms with Crippen molar-refractivity contribution in [3.8, 4) is 0 Å². The van der Waals surface area contributed by atoms with Crippen LogP contribution in [0.3, 0.4) is 0 Å². The number of rotatable bonds is 60. The molecule has 0 aromatic heterocycles. The molecule has 0 aliphatic rings. The number of carbonyl (C=O) groups excluding carboxylic acids is 1. The van der Waals surface area contributed by atoms with Crippen LogP contribution in [-0.4, -0.2) is 46.1 Å².